The van der Waals surface area contributed by atoms with E-state index in [1.807, 2.05) is 31.2 Å². The van der Waals surface area contributed by atoms with Gasteiger partial charge in [-0.1, -0.05) is 48.0 Å². The first kappa shape index (κ1) is 19.5. The van der Waals surface area contributed by atoms with E-state index in [9.17, 15) is 14.3 Å². The predicted octanol–water partition coefficient (Wildman–Crippen LogP) is 2.78. The molecule has 5 heteroatoms. The molecule has 1 saturated heterocycles. The van der Waals surface area contributed by atoms with Crippen LogP contribution in [-0.2, 0) is 16.8 Å². The number of piperidine rings is 1. The van der Waals surface area contributed by atoms with E-state index in [0.29, 0.717) is 24.9 Å². The monoisotopic (exact) mass is 370 g/mol. The predicted molar refractivity (Wildman–Crippen MR) is 104 cm³/mol. The highest BCUT2D eigenvalue weighted by molar-refractivity contribution is 5.78. The zero-order chi connectivity index (χ0) is 19.3. The molecule has 1 aliphatic heterocycles. The molecule has 1 heterocycles. The second-order valence-electron chi connectivity index (χ2n) is 7.36. The standard InChI is InChI=1S/C22H27FN2O2/c1-17-6-8-19(9-7-17)22(27)10-13-25(14-11-22)15-12-24-21(26)16-18-4-2-3-5-20(18)23/h2-9,27H,10-16H2,1H3,(H,24,26). The third-order valence-electron chi connectivity index (χ3n) is 5.33. The van der Waals surface area contributed by atoms with Crippen molar-refractivity contribution in [2.75, 3.05) is 26.2 Å². The largest absolute Gasteiger partial charge is 0.385 e. The van der Waals surface area contributed by atoms with Crippen molar-refractivity contribution < 1.29 is 14.3 Å². The number of hydrogen-bond donors (Lipinski definition) is 2. The number of amides is 1. The number of nitrogens with one attached hydrogen (secondary N) is 1. The lowest BCUT2D eigenvalue weighted by Gasteiger charge is -2.38. The zero-order valence-electron chi connectivity index (χ0n) is 15.7. The molecule has 2 aromatic carbocycles. The Morgan fingerprint density at radius 1 is 1.15 bits per heavy atom. The Balaban J connectivity index is 1.41. The highest BCUT2D eigenvalue weighted by Crippen LogP contribution is 2.32. The Labute approximate surface area is 160 Å². The van der Waals surface area contributed by atoms with Gasteiger partial charge in [0.2, 0.25) is 5.91 Å². The minimum absolute atomic E-state index is 0.0554. The number of rotatable bonds is 6. The first-order chi connectivity index (χ1) is 13.0. The fraction of sp³-hybridized carbons (Fsp3) is 0.409. The maximum absolute atomic E-state index is 13.6. The molecule has 4 nitrogen and oxygen atoms in total. The minimum Gasteiger partial charge on any atom is -0.385 e. The van der Waals surface area contributed by atoms with Gasteiger partial charge >= 0.3 is 0 Å². The summed E-state index contributed by atoms with van der Waals surface area (Å²) in [5, 5.41) is 13.8. The number of aryl methyl sites for hydroxylation is 1. The van der Waals surface area contributed by atoms with Crippen LogP contribution in [0.3, 0.4) is 0 Å². The Hall–Kier alpha value is -2.24. The van der Waals surface area contributed by atoms with Crippen LogP contribution < -0.4 is 5.32 Å². The number of hydrogen-bond acceptors (Lipinski definition) is 3. The van der Waals surface area contributed by atoms with E-state index in [-0.39, 0.29) is 18.1 Å². The smallest absolute Gasteiger partial charge is 0.224 e. The molecule has 0 aromatic heterocycles. The number of halogens is 1. The lowest BCUT2D eigenvalue weighted by molar-refractivity contribution is -0.120. The van der Waals surface area contributed by atoms with Crippen molar-refractivity contribution >= 4 is 5.91 Å². The van der Waals surface area contributed by atoms with Gasteiger partial charge < -0.3 is 15.3 Å². The van der Waals surface area contributed by atoms with E-state index in [1.165, 1.54) is 11.6 Å². The quantitative estimate of drug-likeness (QED) is 0.822. The fourth-order valence-corrected chi connectivity index (χ4v) is 3.53. The van der Waals surface area contributed by atoms with Crippen molar-refractivity contribution in [2.24, 2.45) is 0 Å². The van der Waals surface area contributed by atoms with E-state index in [4.69, 9.17) is 0 Å². The van der Waals surface area contributed by atoms with Gasteiger partial charge in [-0.05, 0) is 37.0 Å². The molecule has 0 radical (unpaired) electrons. The Bertz CT molecular complexity index is 768. The molecule has 27 heavy (non-hydrogen) atoms. The fourth-order valence-electron chi connectivity index (χ4n) is 3.53. The molecule has 2 aromatic rings. The van der Waals surface area contributed by atoms with Gasteiger partial charge in [0.05, 0.1) is 12.0 Å². The number of carbonyl (C=O) groups excluding carboxylic acids is 1. The van der Waals surface area contributed by atoms with Crippen molar-refractivity contribution in [3.63, 3.8) is 0 Å². The highest BCUT2D eigenvalue weighted by Gasteiger charge is 2.33. The van der Waals surface area contributed by atoms with Crippen molar-refractivity contribution in [3.05, 3.63) is 71.0 Å². The first-order valence-corrected chi connectivity index (χ1v) is 9.48. The molecule has 0 aliphatic carbocycles. The molecule has 0 spiro atoms. The van der Waals surface area contributed by atoms with E-state index in [0.717, 1.165) is 25.2 Å². The van der Waals surface area contributed by atoms with Crippen LogP contribution >= 0.6 is 0 Å². The molecular weight excluding hydrogens is 343 g/mol. The molecule has 1 fully saturated rings. The number of likely N-dealkylation sites (tertiary alicyclic amines) is 1. The van der Waals surface area contributed by atoms with Crippen molar-refractivity contribution in [1.29, 1.82) is 0 Å². The Kier molecular flexibility index (Phi) is 6.24. The summed E-state index contributed by atoms with van der Waals surface area (Å²) >= 11 is 0. The summed E-state index contributed by atoms with van der Waals surface area (Å²) in [6, 6.07) is 14.4. The van der Waals surface area contributed by atoms with Gasteiger partial charge in [-0.3, -0.25) is 4.79 Å². The lowest BCUT2D eigenvalue weighted by Crippen LogP contribution is -2.45. The van der Waals surface area contributed by atoms with Crippen molar-refractivity contribution in [2.45, 2.75) is 31.8 Å². The van der Waals surface area contributed by atoms with Crippen LogP contribution in [0.5, 0.6) is 0 Å². The molecule has 0 unspecified atom stereocenters. The maximum atomic E-state index is 13.6. The van der Waals surface area contributed by atoms with Gasteiger partial charge in [0.1, 0.15) is 5.82 Å². The summed E-state index contributed by atoms with van der Waals surface area (Å²) in [7, 11) is 0. The summed E-state index contributed by atoms with van der Waals surface area (Å²) < 4.78 is 13.6. The molecule has 0 bridgehead atoms. The number of aliphatic hydroxyl groups is 1. The highest BCUT2D eigenvalue weighted by atomic mass is 19.1. The van der Waals surface area contributed by atoms with Crippen molar-refractivity contribution in [1.82, 2.24) is 10.2 Å². The average Bonchev–Trinajstić information content (AvgIpc) is 2.66. The second kappa shape index (κ2) is 8.63. The topological polar surface area (TPSA) is 52.6 Å². The van der Waals surface area contributed by atoms with Crippen LogP contribution in [0.2, 0.25) is 0 Å². The summed E-state index contributed by atoms with van der Waals surface area (Å²) in [6.45, 7) is 4.86. The SMILES string of the molecule is Cc1ccc(C2(O)CCN(CCNC(=O)Cc3ccccc3F)CC2)cc1. The summed E-state index contributed by atoms with van der Waals surface area (Å²) in [5.74, 6) is -0.521. The van der Waals surface area contributed by atoms with Crippen molar-refractivity contribution in [3.8, 4) is 0 Å². The number of benzene rings is 2. The molecule has 3 rings (SSSR count). The molecule has 144 valence electrons. The zero-order valence-corrected chi connectivity index (χ0v) is 15.7. The number of carbonyl (C=O) groups is 1. The molecule has 1 amide bonds. The molecule has 1 aliphatic rings. The van der Waals surface area contributed by atoms with Crippen LogP contribution in [0.15, 0.2) is 48.5 Å². The van der Waals surface area contributed by atoms with E-state index in [1.54, 1.807) is 18.2 Å². The van der Waals surface area contributed by atoms with Gasteiger partial charge in [0, 0.05) is 26.2 Å². The Morgan fingerprint density at radius 2 is 1.81 bits per heavy atom. The maximum Gasteiger partial charge on any atom is 0.224 e. The average molecular weight is 370 g/mol. The van der Waals surface area contributed by atoms with Gasteiger partial charge in [-0.2, -0.15) is 0 Å². The summed E-state index contributed by atoms with van der Waals surface area (Å²) in [4.78, 5) is 14.2. The molecule has 2 N–H and O–H groups in total. The van der Waals surface area contributed by atoms with Crippen LogP contribution in [-0.4, -0.2) is 42.1 Å². The van der Waals surface area contributed by atoms with Gasteiger partial charge in [0.25, 0.3) is 0 Å². The normalized spacial score (nSPS) is 16.9. The van der Waals surface area contributed by atoms with Crippen LogP contribution in [0.1, 0.15) is 29.5 Å². The van der Waals surface area contributed by atoms with Crippen LogP contribution in [0.25, 0.3) is 0 Å². The van der Waals surface area contributed by atoms with Crippen LogP contribution in [0.4, 0.5) is 4.39 Å². The van der Waals surface area contributed by atoms with Gasteiger partial charge in [-0.15, -0.1) is 0 Å². The second-order valence-corrected chi connectivity index (χ2v) is 7.36. The first-order valence-electron chi connectivity index (χ1n) is 9.48. The minimum atomic E-state index is -0.766. The molecule has 0 atom stereocenters. The van der Waals surface area contributed by atoms with E-state index in [2.05, 4.69) is 10.2 Å². The van der Waals surface area contributed by atoms with E-state index < -0.39 is 5.60 Å². The summed E-state index contributed by atoms with van der Waals surface area (Å²) in [6.07, 6.45) is 1.41. The van der Waals surface area contributed by atoms with Crippen LogP contribution in [0, 0.1) is 12.7 Å². The Morgan fingerprint density at radius 3 is 2.48 bits per heavy atom. The summed E-state index contributed by atoms with van der Waals surface area (Å²) in [5.41, 5.74) is 1.81. The molecule has 0 saturated carbocycles. The third-order valence-corrected chi connectivity index (χ3v) is 5.33. The van der Waals surface area contributed by atoms with Gasteiger partial charge in [-0.25, -0.2) is 4.39 Å². The lowest BCUT2D eigenvalue weighted by atomic mass is 9.84. The van der Waals surface area contributed by atoms with E-state index >= 15 is 0 Å². The molecular formula is C22H27FN2O2. The van der Waals surface area contributed by atoms with Gasteiger partial charge in [0.15, 0.2) is 0 Å². The number of nitrogens with zero attached hydrogens (tertiary/aromatic N) is 1. The third kappa shape index (κ3) is 5.15.